The predicted octanol–water partition coefficient (Wildman–Crippen LogP) is 3.54. The number of hydrogen-bond donors (Lipinski definition) is 0. The molecule has 0 amide bonds. The Bertz CT molecular complexity index is 812. The van der Waals surface area contributed by atoms with Gasteiger partial charge < -0.3 is 0 Å². The van der Waals surface area contributed by atoms with Gasteiger partial charge in [0.1, 0.15) is 0 Å². The fourth-order valence-corrected chi connectivity index (χ4v) is 2.59. The third kappa shape index (κ3) is 7.18. The molecule has 0 bridgehead atoms. The maximum atomic E-state index is 4.60. The molecule has 3 heterocycles. The molecule has 0 saturated carbocycles. The van der Waals surface area contributed by atoms with Crippen molar-refractivity contribution >= 4 is 18.6 Å². The van der Waals surface area contributed by atoms with Crippen molar-refractivity contribution in [2.24, 2.45) is 20.4 Å². The van der Waals surface area contributed by atoms with Gasteiger partial charge in [-0.25, -0.2) is 0 Å². The second-order valence-electron chi connectivity index (χ2n) is 6.98. The Morgan fingerprint density at radius 1 is 0.621 bits per heavy atom. The Hall–Kier alpha value is -3.54. The molecule has 0 fully saturated rings. The van der Waals surface area contributed by atoms with Gasteiger partial charge in [-0.05, 0) is 36.4 Å². The van der Waals surface area contributed by atoms with E-state index in [0.717, 1.165) is 17.1 Å². The molecule has 0 atom stereocenters. The van der Waals surface area contributed by atoms with Gasteiger partial charge in [-0.15, -0.1) is 0 Å². The highest BCUT2D eigenvalue weighted by molar-refractivity contribution is 5.77. The summed E-state index contributed by atoms with van der Waals surface area (Å²) in [6.07, 6.45) is 10.7. The predicted molar refractivity (Wildman–Crippen MR) is 118 cm³/mol. The minimum atomic E-state index is -0.234. The molecule has 6 heteroatoms. The van der Waals surface area contributed by atoms with Crippen LogP contribution in [0.5, 0.6) is 0 Å². The minimum absolute atomic E-state index is 0.234. The van der Waals surface area contributed by atoms with E-state index in [1.165, 1.54) is 0 Å². The summed E-state index contributed by atoms with van der Waals surface area (Å²) < 4.78 is 0. The second-order valence-corrected chi connectivity index (χ2v) is 6.98. The SMILES string of the molecule is CC(CN=Cc1ccccn1)(CN=Cc1ccccn1)CN=Cc1ccccn1. The Balaban J connectivity index is 1.67. The monoisotopic (exact) mass is 384 g/mol. The molecule has 0 aliphatic carbocycles. The average molecular weight is 384 g/mol. The largest absolute Gasteiger partial charge is 0.290 e. The summed E-state index contributed by atoms with van der Waals surface area (Å²) in [5.41, 5.74) is 2.28. The topological polar surface area (TPSA) is 75.8 Å². The summed E-state index contributed by atoms with van der Waals surface area (Å²) in [5.74, 6) is 0. The molecule has 0 saturated heterocycles. The zero-order valence-electron chi connectivity index (χ0n) is 16.5. The minimum Gasteiger partial charge on any atom is -0.290 e. The van der Waals surface area contributed by atoms with Gasteiger partial charge in [-0.1, -0.05) is 25.1 Å². The molecule has 0 N–H and O–H groups in total. The lowest BCUT2D eigenvalue weighted by molar-refractivity contribution is 0.366. The van der Waals surface area contributed by atoms with Crippen LogP contribution in [0.3, 0.4) is 0 Å². The quantitative estimate of drug-likeness (QED) is 0.530. The molecular formula is C23H24N6. The molecule has 0 spiro atoms. The third-order valence-electron chi connectivity index (χ3n) is 4.15. The van der Waals surface area contributed by atoms with Gasteiger partial charge in [0.2, 0.25) is 0 Å². The number of hydrogen-bond acceptors (Lipinski definition) is 6. The lowest BCUT2D eigenvalue weighted by Gasteiger charge is -2.23. The fourth-order valence-electron chi connectivity index (χ4n) is 2.59. The molecular weight excluding hydrogens is 360 g/mol. The van der Waals surface area contributed by atoms with E-state index >= 15 is 0 Å². The van der Waals surface area contributed by atoms with Crippen molar-refractivity contribution in [3.05, 3.63) is 90.3 Å². The molecule has 0 aliphatic rings. The number of nitrogens with zero attached hydrogens (tertiary/aromatic N) is 6. The molecule has 146 valence electrons. The number of aromatic nitrogens is 3. The highest BCUT2D eigenvalue weighted by Crippen LogP contribution is 2.18. The van der Waals surface area contributed by atoms with Crippen LogP contribution >= 0.6 is 0 Å². The first-order chi connectivity index (χ1) is 14.2. The fraction of sp³-hybridized carbons (Fsp3) is 0.217. The van der Waals surface area contributed by atoms with Crippen LogP contribution in [-0.2, 0) is 0 Å². The van der Waals surface area contributed by atoms with E-state index in [4.69, 9.17) is 0 Å². The van der Waals surface area contributed by atoms with Crippen LogP contribution in [0.15, 0.2) is 88.2 Å². The molecule has 3 rings (SSSR count). The van der Waals surface area contributed by atoms with Crippen LogP contribution < -0.4 is 0 Å². The maximum Gasteiger partial charge on any atom is 0.0807 e. The first-order valence-electron chi connectivity index (χ1n) is 9.46. The van der Waals surface area contributed by atoms with Crippen LogP contribution in [0, 0.1) is 5.41 Å². The van der Waals surface area contributed by atoms with Crippen LogP contribution in [0.25, 0.3) is 0 Å². The summed E-state index contributed by atoms with van der Waals surface area (Å²) in [6.45, 7) is 3.89. The molecule has 0 unspecified atom stereocenters. The van der Waals surface area contributed by atoms with Crippen LogP contribution in [-0.4, -0.2) is 53.2 Å². The van der Waals surface area contributed by atoms with Crippen molar-refractivity contribution in [2.45, 2.75) is 6.92 Å². The second kappa shape index (κ2) is 10.7. The van der Waals surface area contributed by atoms with Gasteiger partial charge in [0, 0.05) is 62.3 Å². The number of aliphatic imine (C=N–C) groups is 3. The molecule has 0 radical (unpaired) electrons. The Labute approximate surface area is 171 Å². The first-order valence-corrected chi connectivity index (χ1v) is 9.46. The molecule has 3 aromatic rings. The van der Waals surface area contributed by atoms with Gasteiger partial charge in [0.25, 0.3) is 0 Å². The highest BCUT2D eigenvalue weighted by atomic mass is 14.9. The summed E-state index contributed by atoms with van der Waals surface area (Å²) >= 11 is 0. The zero-order chi connectivity index (χ0) is 20.2. The van der Waals surface area contributed by atoms with Crippen molar-refractivity contribution in [3.8, 4) is 0 Å². The van der Waals surface area contributed by atoms with Crippen molar-refractivity contribution in [1.82, 2.24) is 15.0 Å². The molecule has 0 aliphatic heterocycles. The van der Waals surface area contributed by atoms with Crippen molar-refractivity contribution in [3.63, 3.8) is 0 Å². The molecule has 0 aromatic carbocycles. The standard InChI is InChI=1S/C23H24N6/c1-23(17-24-14-20-8-2-5-11-27-20,18-25-15-21-9-3-6-12-28-21)19-26-16-22-10-4-7-13-29-22/h2-16H,17-19H2,1H3. The van der Waals surface area contributed by atoms with Gasteiger partial charge in [0.05, 0.1) is 17.1 Å². The third-order valence-corrected chi connectivity index (χ3v) is 4.15. The number of pyridine rings is 3. The Kier molecular flexibility index (Phi) is 7.46. The van der Waals surface area contributed by atoms with Crippen molar-refractivity contribution in [2.75, 3.05) is 19.6 Å². The van der Waals surface area contributed by atoms with Gasteiger partial charge in [-0.2, -0.15) is 0 Å². The summed E-state index contributed by atoms with van der Waals surface area (Å²) in [5, 5.41) is 0. The van der Waals surface area contributed by atoms with E-state index < -0.39 is 0 Å². The lowest BCUT2D eigenvalue weighted by Crippen LogP contribution is -2.28. The van der Waals surface area contributed by atoms with Crippen molar-refractivity contribution < 1.29 is 0 Å². The van der Waals surface area contributed by atoms with E-state index in [2.05, 4.69) is 36.9 Å². The van der Waals surface area contributed by atoms with Crippen LogP contribution in [0.2, 0.25) is 0 Å². The first kappa shape index (κ1) is 20.2. The molecule has 6 nitrogen and oxygen atoms in total. The number of rotatable bonds is 9. The highest BCUT2D eigenvalue weighted by Gasteiger charge is 2.23. The van der Waals surface area contributed by atoms with E-state index in [1.54, 1.807) is 37.2 Å². The van der Waals surface area contributed by atoms with E-state index in [9.17, 15) is 0 Å². The van der Waals surface area contributed by atoms with Gasteiger partial charge >= 0.3 is 0 Å². The molecule has 29 heavy (non-hydrogen) atoms. The Morgan fingerprint density at radius 2 is 0.966 bits per heavy atom. The normalized spacial score (nSPS) is 14.0. The van der Waals surface area contributed by atoms with E-state index in [-0.39, 0.29) is 5.41 Å². The zero-order valence-corrected chi connectivity index (χ0v) is 16.5. The summed E-state index contributed by atoms with van der Waals surface area (Å²) in [6, 6.07) is 17.3. The summed E-state index contributed by atoms with van der Waals surface area (Å²) in [7, 11) is 0. The molecule has 3 aromatic heterocycles. The van der Waals surface area contributed by atoms with Crippen molar-refractivity contribution in [1.29, 1.82) is 0 Å². The van der Waals surface area contributed by atoms with E-state index in [1.807, 2.05) is 54.6 Å². The van der Waals surface area contributed by atoms with Gasteiger partial charge in [0.15, 0.2) is 0 Å². The lowest BCUT2D eigenvalue weighted by atomic mass is 9.91. The Morgan fingerprint density at radius 3 is 1.24 bits per heavy atom. The van der Waals surface area contributed by atoms with Crippen LogP contribution in [0.1, 0.15) is 24.0 Å². The smallest absolute Gasteiger partial charge is 0.0807 e. The van der Waals surface area contributed by atoms with Gasteiger partial charge in [-0.3, -0.25) is 29.9 Å². The van der Waals surface area contributed by atoms with Crippen LogP contribution in [0.4, 0.5) is 0 Å². The summed E-state index contributed by atoms with van der Waals surface area (Å²) in [4.78, 5) is 26.6. The van der Waals surface area contributed by atoms with E-state index in [0.29, 0.717) is 19.6 Å². The average Bonchev–Trinajstić information content (AvgIpc) is 2.76. The maximum absolute atomic E-state index is 4.60.